The molecule has 0 saturated heterocycles. The number of benzene rings is 1. The van der Waals surface area contributed by atoms with Crippen molar-refractivity contribution in [2.75, 3.05) is 39.1 Å². The number of carbonyl (C=O) groups is 1. The molecular formula is C13H17F3N2O3. The minimum absolute atomic E-state index is 0.00786. The molecule has 0 fully saturated rings. The molecule has 0 bridgehead atoms. The van der Waals surface area contributed by atoms with Crippen LogP contribution in [-0.4, -0.2) is 49.3 Å². The molecule has 0 aliphatic rings. The predicted molar refractivity (Wildman–Crippen MR) is 70.7 cm³/mol. The van der Waals surface area contributed by atoms with E-state index in [9.17, 15) is 18.0 Å². The lowest BCUT2D eigenvalue weighted by atomic mass is 10.1. The van der Waals surface area contributed by atoms with Gasteiger partial charge in [0.2, 0.25) is 0 Å². The van der Waals surface area contributed by atoms with Gasteiger partial charge < -0.3 is 20.5 Å². The molecule has 0 radical (unpaired) electrons. The number of carbonyl (C=O) groups excluding carboxylic acids is 1. The highest BCUT2D eigenvalue weighted by Crippen LogP contribution is 2.34. The summed E-state index contributed by atoms with van der Waals surface area (Å²) in [4.78, 5) is 13.4. The molecule has 21 heavy (non-hydrogen) atoms. The van der Waals surface area contributed by atoms with Gasteiger partial charge in [-0.15, -0.1) is 0 Å². The molecule has 1 rings (SSSR count). The van der Waals surface area contributed by atoms with E-state index in [2.05, 4.69) is 0 Å². The summed E-state index contributed by atoms with van der Waals surface area (Å²) in [5, 5.41) is 8.93. The largest absolute Gasteiger partial charge is 0.418 e. The number of alkyl halides is 3. The van der Waals surface area contributed by atoms with E-state index in [-0.39, 0.29) is 31.9 Å². The van der Waals surface area contributed by atoms with Crippen molar-refractivity contribution in [3.8, 4) is 0 Å². The Morgan fingerprint density at radius 3 is 2.57 bits per heavy atom. The van der Waals surface area contributed by atoms with E-state index in [0.29, 0.717) is 0 Å². The summed E-state index contributed by atoms with van der Waals surface area (Å²) in [5.41, 5.74) is 3.66. The fourth-order valence-corrected chi connectivity index (χ4v) is 1.75. The SMILES string of the molecule is COCCN(CCO)C(=O)c1ccc(N)c(C(F)(F)F)c1. The highest BCUT2D eigenvalue weighted by Gasteiger charge is 2.34. The zero-order chi connectivity index (χ0) is 16.0. The fraction of sp³-hybridized carbons (Fsp3) is 0.462. The first-order chi connectivity index (χ1) is 9.81. The van der Waals surface area contributed by atoms with Gasteiger partial charge in [-0.3, -0.25) is 4.79 Å². The van der Waals surface area contributed by atoms with Crippen LogP contribution in [0.4, 0.5) is 18.9 Å². The number of ether oxygens (including phenoxy) is 1. The first kappa shape index (κ1) is 17.3. The summed E-state index contributed by atoms with van der Waals surface area (Å²) in [6.07, 6.45) is -4.63. The third-order valence-electron chi connectivity index (χ3n) is 2.83. The van der Waals surface area contributed by atoms with Gasteiger partial charge >= 0.3 is 6.18 Å². The summed E-state index contributed by atoms with van der Waals surface area (Å²) < 4.78 is 43.2. The number of aliphatic hydroxyl groups is 1. The van der Waals surface area contributed by atoms with E-state index in [4.69, 9.17) is 15.6 Å². The van der Waals surface area contributed by atoms with Crippen molar-refractivity contribution in [2.45, 2.75) is 6.18 Å². The molecule has 118 valence electrons. The van der Waals surface area contributed by atoms with Crippen LogP contribution in [0.15, 0.2) is 18.2 Å². The predicted octanol–water partition coefficient (Wildman–Crippen LogP) is 1.37. The Balaban J connectivity index is 3.05. The highest BCUT2D eigenvalue weighted by molar-refractivity contribution is 5.95. The number of nitrogen functional groups attached to an aromatic ring is 1. The summed E-state index contributed by atoms with van der Waals surface area (Å²) >= 11 is 0. The normalized spacial score (nSPS) is 11.5. The lowest BCUT2D eigenvalue weighted by molar-refractivity contribution is -0.136. The van der Waals surface area contributed by atoms with Crippen LogP contribution in [0.1, 0.15) is 15.9 Å². The van der Waals surface area contributed by atoms with E-state index in [1.807, 2.05) is 0 Å². The van der Waals surface area contributed by atoms with Crippen LogP contribution >= 0.6 is 0 Å². The molecular weight excluding hydrogens is 289 g/mol. The molecule has 1 aromatic rings. The quantitative estimate of drug-likeness (QED) is 0.778. The number of halogens is 3. The summed E-state index contributed by atoms with van der Waals surface area (Å²) in [7, 11) is 1.44. The first-order valence-electron chi connectivity index (χ1n) is 6.17. The van der Waals surface area contributed by atoms with Crippen LogP contribution in [0.2, 0.25) is 0 Å². The second-order valence-electron chi connectivity index (χ2n) is 4.31. The van der Waals surface area contributed by atoms with Crippen molar-refractivity contribution in [1.82, 2.24) is 4.90 Å². The molecule has 0 aromatic heterocycles. The van der Waals surface area contributed by atoms with Crippen LogP contribution in [0.25, 0.3) is 0 Å². The Kier molecular flexibility index (Phi) is 5.98. The minimum Gasteiger partial charge on any atom is -0.398 e. The van der Waals surface area contributed by atoms with Crippen molar-refractivity contribution in [3.63, 3.8) is 0 Å². The Hall–Kier alpha value is -1.80. The Morgan fingerprint density at radius 1 is 1.38 bits per heavy atom. The number of methoxy groups -OCH3 is 1. The van der Waals surface area contributed by atoms with Crippen LogP contribution in [0.5, 0.6) is 0 Å². The average Bonchev–Trinajstić information content (AvgIpc) is 2.42. The maximum absolute atomic E-state index is 12.8. The standard InChI is InChI=1S/C13H17F3N2O3/c1-21-7-5-18(4-6-19)12(20)9-2-3-11(17)10(8-9)13(14,15)16/h2-3,8,19H,4-7,17H2,1H3. The number of amides is 1. The van der Waals surface area contributed by atoms with Crippen LogP contribution in [0.3, 0.4) is 0 Å². The molecule has 0 unspecified atom stereocenters. The molecule has 1 aromatic carbocycles. The Bertz CT molecular complexity index is 492. The van der Waals surface area contributed by atoms with E-state index in [1.54, 1.807) is 0 Å². The van der Waals surface area contributed by atoms with Crippen LogP contribution in [-0.2, 0) is 10.9 Å². The van der Waals surface area contributed by atoms with Crippen molar-refractivity contribution in [3.05, 3.63) is 29.3 Å². The van der Waals surface area contributed by atoms with Gasteiger partial charge in [-0.1, -0.05) is 0 Å². The van der Waals surface area contributed by atoms with E-state index in [0.717, 1.165) is 12.1 Å². The molecule has 5 nitrogen and oxygen atoms in total. The fourth-order valence-electron chi connectivity index (χ4n) is 1.75. The van der Waals surface area contributed by atoms with Crippen molar-refractivity contribution >= 4 is 11.6 Å². The molecule has 3 N–H and O–H groups in total. The second kappa shape index (κ2) is 7.28. The topological polar surface area (TPSA) is 75.8 Å². The van der Waals surface area contributed by atoms with Gasteiger partial charge in [-0.2, -0.15) is 13.2 Å². The molecule has 0 aliphatic carbocycles. The minimum atomic E-state index is -4.63. The van der Waals surface area contributed by atoms with Gasteiger partial charge in [-0.25, -0.2) is 0 Å². The third-order valence-corrected chi connectivity index (χ3v) is 2.83. The maximum atomic E-state index is 12.8. The van der Waals surface area contributed by atoms with Gasteiger partial charge in [0, 0.05) is 31.5 Å². The third kappa shape index (κ3) is 4.61. The molecule has 8 heteroatoms. The molecule has 0 atom stereocenters. The van der Waals surface area contributed by atoms with Crippen molar-refractivity contribution < 1.29 is 27.8 Å². The molecule has 0 spiro atoms. The van der Waals surface area contributed by atoms with Gasteiger partial charge in [-0.05, 0) is 18.2 Å². The number of rotatable bonds is 6. The number of nitrogens with zero attached hydrogens (tertiary/aromatic N) is 1. The van der Waals surface area contributed by atoms with Gasteiger partial charge in [0.15, 0.2) is 0 Å². The smallest absolute Gasteiger partial charge is 0.398 e. The summed E-state index contributed by atoms with van der Waals surface area (Å²) in [6.45, 7) is 0.0962. The van der Waals surface area contributed by atoms with E-state index in [1.165, 1.54) is 18.1 Å². The highest BCUT2D eigenvalue weighted by atomic mass is 19.4. The maximum Gasteiger partial charge on any atom is 0.418 e. The van der Waals surface area contributed by atoms with Crippen LogP contribution < -0.4 is 5.73 Å². The average molecular weight is 306 g/mol. The number of hydrogen-bond donors (Lipinski definition) is 2. The zero-order valence-electron chi connectivity index (χ0n) is 11.5. The van der Waals surface area contributed by atoms with Gasteiger partial charge in [0.25, 0.3) is 5.91 Å². The first-order valence-corrected chi connectivity index (χ1v) is 6.17. The molecule has 0 heterocycles. The number of aliphatic hydroxyl groups excluding tert-OH is 1. The molecule has 0 aliphatic heterocycles. The molecule has 1 amide bonds. The number of nitrogens with two attached hydrogens (primary N) is 1. The Morgan fingerprint density at radius 2 is 2.05 bits per heavy atom. The van der Waals surface area contributed by atoms with Crippen molar-refractivity contribution in [2.24, 2.45) is 0 Å². The molecule has 0 saturated carbocycles. The van der Waals surface area contributed by atoms with Crippen LogP contribution in [0, 0.1) is 0 Å². The number of hydrogen-bond acceptors (Lipinski definition) is 4. The van der Waals surface area contributed by atoms with Crippen molar-refractivity contribution in [1.29, 1.82) is 0 Å². The lowest BCUT2D eigenvalue weighted by Gasteiger charge is -2.22. The summed E-state index contributed by atoms with van der Waals surface area (Å²) in [5.74, 6) is -0.619. The second-order valence-corrected chi connectivity index (χ2v) is 4.31. The van der Waals surface area contributed by atoms with Gasteiger partial charge in [0.1, 0.15) is 0 Å². The lowest BCUT2D eigenvalue weighted by Crippen LogP contribution is -2.36. The zero-order valence-corrected chi connectivity index (χ0v) is 11.5. The van der Waals surface area contributed by atoms with E-state index >= 15 is 0 Å². The number of anilines is 1. The Labute approximate surface area is 120 Å². The van der Waals surface area contributed by atoms with Gasteiger partial charge in [0.05, 0.1) is 18.8 Å². The summed E-state index contributed by atoms with van der Waals surface area (Å²) in [6, 6.07) is 2.99. The van der Waals surface area contributed by atoms with E-state index < -0.39 is 23.3 Å². The monoisotopic (exact) mass is 306 g/mol.